The Morgan fingerprint density at radius 2 is 1.00 bits per heavy atom. The Balaban J connectivity index is 1.23. The van der Waals surface area contributed by atoms with Crippen LogP contribution in [0.15, 0.2) is 185 Å². The second-order valence-corrected chi connectivity index (χ2v) is 12.8. The highest BCUT2D eigenvalue weighted by Crippen LogP contribution is 2.45. The van der Waals surface area contributed by atoms with E-state index in [-0.39, 0.29) is 0 Å². The van der Waals surface area contributed by atoms with Gasteiger partial charge in [-0.25, -0.2) is 0 Å². The van der Waals surface area contributed by atoms with E-state index in [4.69, 9.17) is 9.41 Å². The summed E-state index contributed by atoms with van der Waals surface area (Å²) in [7, 11) is 0. The van der Waals surface area contributed by atoms with E-state index in [1.807, 2.05) is 36.5 Å². The summed E-state index contributed by atoms with van der Waals surface area (Å²) < 4.78 is 6.26. The van der Waals surface area contributed by atoms with Gasteiger partial charge in [0.1, 0.15) is 11.2 Å². The molecule has 0 amide bonds. The highest BCUT2D eigenvalue weighted by atomic mass is 16.3. The van der Waals surface area contributed by atoms with Crippen molar-refractivity contribution in [2.45, 2.75) is 0 Å². The van der Waals surface area contributed by atoms with Gasteiger partial charge < -0.3 is 9.32 Å². The highest BCUT2D eigenvalue weighted by Gasteiger charge is 2.20. The zero-order chi connectivity index (χ0) is 33.0. The van der Waals surface area contributed by atoms with Crippen LogP contribution in [0.5, 0.6) is 0 Å². The third-order valence-corrected chi connectivity index (χ3v) is 9.83. The van der Waals surface area contributed by atoms with Crippen molar-refractivity contribution in [1.82, 2.24) is 0 Å². The Kier molecular flexibility index (Phi) is 6.49. The fourth-order valence-corrected chi connectivity index (χ4v) is 7.43. The summed E-state index contributed by atoms with van der Waals surface area (Å²) in [6.45, 7) is 0. The van der Waals surface area contributed by atoms with Crippen molar-refractivity contribution in [3.63, 3.8) is 0 Å². The van der Waals surface area contributed by atoms with Gasteiger partial charge >= 0.3 is 0 Å². The van der Waals surface area contributed by atoms with Gasteiger partial charge in [0.15, 0.2) is 0 Å². The molecule has 3 nitrogen and oxygen atoms in total. The summed E-state index contributed by atoms with van der Waals surface area (Å²) in [6, 6.07) is 62.5. The molecule has 0 saturated heterocycles. The molecule has 0 radical (unpaired) electrons. The zero-order valence-electron chi connectivity index (χ0n) is 27.1. The smallest absolute Gasteiger partial charge is 0.135 e. The van der Waals surface area contributed by atoms with E-state index in [2.05, 4.69) is 150 Å². The molecule has 0 aliphatic heterocycles. The molecule has 10 aromatic rings. The maximum absolute atomic E-state index is 6.26. The SMILES string of the molecule is C(=Nc1ccc2ccc3ccc(N(c4ccc5oc6ccccc6c5c4)c4cc5ccccc5c5ccccc45)cc3c2c1)c1ccccc1. The second-order valence-electron chi connectivity index (χ2n) is 12.8. The van der Waals surface area contributed by atoms with Crippen LogP contribution in [0.1, 0.15) is 5.56 Å². The van der Waals surface area contributed by atoms with Crippen LogP contribution < -0.4 is 4.90 Å². The van der Waals surface area contributed by atoms with Gasteiger partial charge in [-0.15, -0.1) is 0 Å². The third-order valence-electron chi connectivity index (χ3n) is 9.83. The predicted molar refractivity (Wildman–Crippen MR) is 212 cm³/mol. The molecule has 0 unspecified atom stereocenters. The first-order valence-corrected chi connectivity index (χ1v) is 16.9. The summed E-state index contributed by atoms with van der Waals surface area (Å²) in [5.41, 5.74) is 7.05. The Hall–Kier alpha value is -6.71. The summed E-state index contributed by atoms with van der Waals surface area (Å²) in [5.74, 6) is 0. The summed E-state index contributed by atoms with van der Waals surface area (Å²) in [5, 5.41) is 11.8. The number of aliphatic imine (C=N–C) groups is 1. The van der Waals surface area contributed by atoms with Gasteiger partial charge in [-0.2, -0.15) is 0 Å². The highest BCUT2D eigenvalue weighted by molar-refractivity contribution is 6.16. The molecular weight excluding hydrogens is 609 g/mol. The Morgan fingerprint density at radius 1 is 0.400 bits per heavy atom. The van der Waals surface area contributed by atoms with E-state index in [9.17, 15) is 0 Å². The molecule has 9 aromatic carbocycles. The van der Waals surface area contributed by atoms with Gasteiger partial charge in [-0.05, 0) is 97.9 Å². The zero-order valence-corrected chi connectivity index (χ0v) is 27.1. The van der Waals surface area contributed by atoms with Crippen LogP contribution in [0.4, 0.5) is 22.7 Å². The van der Waals surface area contributed by atoms with Crippen molar-refractivity contribution in [1.29, 1.82) is 0 Å². The first kappa shape index (κ1) is 28.3. The first-order valence-electron chi connectivity index (χ1n) is 16.9. The van der Waals surface area contributed by atoms with E-state index in [1.165, 1.54) is 43.1 Å². The van der Waals surface area contributed by atoms with Crippen LogP contribution in [-0.4, -0.2) is 6.21 Å². The third kappa shape index (κ3) is 4.71. The minimum atomic E-state index is 0.881. The molecule has 1 aromatic heterocycles. The lowest BCUT2D eigenvalue weighted by molar-refractivity contribution is 0.669. The number of benzene rings is 9. The largest absolute Gasteiger partial charge is 0.456 e. The van der Waals surface area contributed by atoms with Crippen molar-refractivity contribution in [2.75, 3.05) is 4.90 Å². The number of hydrogen-bond donors (Lipinski definition) is 0. The number of para-hydroxylation sites is 1. The Morgan fingerprint density at radius 3 is 1.84 bits per heavy atom. The summed E-state index contributed by atoms with van der Waals surface area (Å²) in [4.78, 5) is 7.26. The average molecular weight is 639 g/mol. The number of furan rings is 1. The van der Waals surface area contributed by atoms with E-state index in [0.29, 0.717) is 0 Å². The predicted octanol–water partition coefficient (Wildman–Crippen LogP) is 13.4. The number of rotatable bonds is 5. The molecule has 0 aliphatic carbocycles. The molecular formula is C47H30N2O. The summed E-state index contributed by atoms with van der Waals surface area (Å²) in [6.07, 6.45) is 1.93. The lowest BCUT2D eigenvalue weighted by atomic mass is 9.97. The molecule has 0 saturated carbocycles. The monoisotopic (exact) mass is 638 g/mol. The van der Waals surface area contributed by atoms with Crippen molar-refractivity contribution >= 4 is 94.0 Å². The maximum atomic E-state index is 6.26. The number of fused-ring (bicyclic) bond motifs is 9. The van der Waals surface area contributed by atoms with E-state index in [1.54, 1.807) is 0 Å². The van der Waals surface area contributed by atoms with Gasteiger partial charge in [-0.3, -0.25) is 4.99 Å². The minimum absolute atomic E-state index is 0.881. The lowest BCUT2D eigenvalue weighted by Crippen LogP contribution is -2.10. The van der Waals surface area contributed by atoms with Crippen molar-refractivity contribution < 1.29 is 4.42 Å². The van der Waals surface area contributed by atoms with Crippen LogP contribution >= 0.6 is 0 Å². The number of hydrogen-bond acceptors (Lipinski definition) is 3. The van der Waals surface area contributed by atoms with Gasteiger partial charge in [0.25, 0.3) is 0 Å². The number of anilines is 3. The maximum Gasteiger partial charge on any atom is 0.135 e. The summed E-state index contributed by atoms with van der Waals surface area (Å²) >= 11 is 0. The van der Waals surface area contributed by atoms with Crippen molar-refractivity contribution in [3.8, 4) is 0 Å². The molecule has 1 heterocycles. The van der Waals surface area contributed by atoms with E-state index >= 15 is 0 Å². The molecule has 0 spiro atoms. The van der Waals surface area contributed by atoms with Crippen LogP contribution in [0.2, 0.25) is 0 Å². The molecule has 10 rings (SSSR count). The quantitative estimate of drug-likeness (QED) is 0.139. The molecule has 0 N–H and O–H groups in total. The van der Waals surface area contributed by atoms with E-state index in [0.717, 1.165) is 50.3 Å². The van der Waals surface area contributed by atoms with Gasteiger partial charge in [0, 0.05) is 33.7 Å². The second kappa shape index (κ2) is 11.5. The van der Waals surface area contributed by atoms with Crippen LogP contribution in [0, 0.1) is 0 Å². The molecule has 0 aliphatic rings. The lowest BCUT2D eigenvalue weighted by Gasteiger charge is -2.28. The van der Waals surface area contributed by atoms with Gasteiger partial charge in [0.05, 0.1) is 11.4 Å². The normalized spacial score (nSPS) is 11.9. The number of nitrogens with zero attached hydrogens (tertiary/aromatic N) is 2. The Bertz CT molecular complexity index is 2940. The van der Waals surface area contributed by atoms with E-state index < -0.39 is 0 Å². The van der Waals surface area contributed by atoms with Crippen molar-refractivity contribution in [2.24, 2.45) is 4.99 Å². The molecule has 3 heteroatoms. The minimum Gasteiger partial charge on any atom is -0.456 e. The van der Waals surface area contributed by atoms with Crippen LogP contribution in [0.3, 0.4) is 0 Å². The van der Waals surface area contributed by atoms with Gasteiger partial charge in [-0.1, -0.05) is 121 Å². The molecule has 0 fully saturated rings. The van der Waals surface area contributed by atoms with Crippen molar-refractivity contribution in [3.05, 3.63) is 181 Å². The van der Waals surface area contributed by atoms with Crippen LogP contribution in [0.25, 0.3) is 65.0 Å². The Labute approximate surface area is 289 Å². The molecule has 50 heavy (non-hydrogen) atoms. The molecule has 234 valence electrons. The topological polar surface area (TPSA) is 28.7 Å². The fourth-order valence-electron chi connectivity index (χ4n) is 7.43. The van der Waals surface area contributed by atoms with Crippen LogP contribution in [-0.2, 0) is 0 Å². The first-order chi connectivity index (χ1) is 24.8. The standard InChI is InChI=1S/C47H30N2O/c1-2-10-31(11-3-1)30-48-35-22-20-32-18-19-33-21-23-36(28-43(33)42(32)27-35)49(37-24-25-47-44(29-37)41-16-8-9-17-46(41)50-47)45-26-34-12-4-5-13-38(34)39-14-6-7-15-40(39)45/h1-30H. The molecule has 0 bridgehead atoms. The molecule has 0 atom stereocenters. The van der Waals surface area contributed by atoms with Gasteiger partial charge in [0.2, 0.25) is 0 Å². The fraction of sp³-hybridized carbons (Fsp3) is 0. The average Bonchev–Trinajstić information content (AvgIpc) is 3.55.